The number of esters is 2. The van der Waals surface area contributed by atoms with E-state index in [0.29, 0.717) is 40.3 Å². The molecule has 0 spiro atoms. The summed E-state index contributed by atoms with van der Waals surface area (Å²) in [6.07, 6.45) is 3.15. The third-order valence-corrected chi connectivity index (χ3v) is 3.55. The van der Waals surface area contributed by atoms with Gasteiger partial charge in [-0.3, -0.25) is 9.59 Å². The predicted octanol–water partition coefficient (Wildman–Crippen LogP) is 3.67. The van der Waals surface area contributed by atoms with Gasteiger partial charge >= 0.3 is 11.9 Å². The van der Waals surface area contributed by atoms with Gasteiger partial charge in [-0.25, -0.2) is 0 Å². The SMILES string of the molecule is CC(I)CCC(=O)OCCCOC(=O)CCC(C)I. The number of halogens is 2. The molecular formula is C13H22I2O4. The van der Waals surface area contributed by atoms with Gasteiger partial charge in [0, 0.05) is 27.1 Å². The highest BCUT2D eigenvalue weighted by Gasteiger charge is 2.07. The highest BCUT2D eigenvalue weighted by atomic mass is 127. The molecule has 19 heavy (non-hydrogen) atoms. The normalized spacial score (nSPS) is 13.7. The molecule has 0 aliphatic heterocycles. The van der Waals surface area contributed by atoms with Crippen molar-refractivity contribution in [3.8, 4) is 0 Å². The number of carbonyl (C=O) groups excluding carboxylic acids is 2. The maximum absolute atomic E-state index is 11.3. The van der Waals surface area contributed by atoms with E-state index in [9.17, 15) is 9.59 Å². The molecule has 2 atom stereocenters. The molecule has 6 heteroatoms. The third kappa shape index (κ3) is 14.6. The molecule has 2 unspecified atom stereocenters. The van der Waals surface area contributed by atoms with E-state index >= 15 is 0 Å². The first kappa shape index (κ1) is 19.4. The Labute approximate surface area is 142 Å². The standard InChI is InChI=1S/C13H22I2O4/c1-10(14)4-6-12(16)18-8-3-9-19-13(17)7-5-11(2)15/h10-11H,3-9H2,1-2H3. The van der Waals surface area contributed by atoms with Crippen molar-refractivity contribution in [2.45, 2.75) is 53.8 Å². The lowest BCUT2D eigenvalue weighted by molar-refractivity contribution is -0.146. The van der Waals surface area contributed by atoms with Crippen LogP contribution in [0.4, 0.5) is 0 Å². The lowest BCUT2D eigenvalue weighted by Gasteiger charge is -2.07. The zero-order valence-corrected chi connectivity index (χ0v) is 15.8. The summed E-state index contributed by atoms with van der Waals surface area (Å²) >= 11 is 4.56. The van der Waals surface area contributed by atoms with Crippen LogP contribution in [0.3, 0.4) is 0 Å². The monoisotopic (exact) mass is 496 g/mol. The zero-order valence-electron chi connectivity index (χ0n) is 11.5. The van der Waals surface area contributed by atoms with Crippen LogP contribution < -0.4 is 0 Å². The van der Waals surface area contributed by atoms with Crippen LogP contribution in [0.1, 0.15) is 46.0 Å². The van der Waals surface area contributed by atoms with Crippen LogP contribution in [0.2, 0.25) is 0 Å². The molecule has 0 N–H and O–H groups in total. The van der Waals surface area contributed by atoms with E-state index < -0.39 is 0 Å². The Morgan fingerprint density at radius 2 is 1.26 bits per heavy atom. The average molecular weight is 496 g/mol. The van der Waals surface area contributed by atoms with Crippen LogP contribution in [0, 0.1) is 0 Å². The van der Waals surface area contributed by atoms with Crippen LogP contribution in [-0.4, -0.2) is 33.0 Å². The van der Waals surface area contributed by atoms with Crippen molar-refractivity contribution in [3.05, 3.63) is 0 Å². The van der Waals surface area contributed by atoms with Crippen molar-refractivity contribution in [2.75, 3.05) is 13.2 Å². The maximum Gasteiger partial charge on any atom is 0.305 e. The topological polar surface area (TPSA) is 52.6 Å². The first-order chi connectivity index (χ1) is 8.91. The second-order valence-electron chi connectivity index (χ2n) is 4.43. The maximum atomic E-state index is 11.3. The molecule has 0 saturated carbocycles. The highest BCUT2D eigenvalue weighted by Crippen LogP contribution is 2.08. The second kappa shape index (κ2) is 12.2. The molecule has 0 amide bonds. The Morgan fingerprint density at radius 3 is 1.58 bits per heavy atom. The second-order valence-corrected chi connectivity index (χ2v) is 8.69. The molecule has 0 aromatic carbocycles. The molecule has 0 saturated heterocycles. The Bertz CT molecular complexity index is 241. The summed E-state index contributed by atoms with van der Waals surface area (Å²) in [5.41, 5.74) is 0. The van der Waals surface area contributed by atoms with Crippen molar-refractivity contribution in [3.63, 3.8) is 0 Å². The molecule has 0 heterocycles. The van der Waals surface area contributed by atoms with E-state index in [1.54, 1.807) is 0 Å². The molecular weight excluding hydrogens is 474 g/mol. The van der Waals surface area contributed by atoms with Crippen molar-refractivity contribution in [1.29, 1.82) is 0 Å². The lowest BCUT2D eigenvalue weighted by Crippen LogP contribution is -2.11. The number of rotatable bonds is 10. The fourth-order valence-electron chi connectivity index (χ4n) is 1.21. The van der Waals surface area contributed by atoms with E-state index in [0.717, 1.165) is 12.8 Å². The van der Waals surface area contributed by atoms with Gasteiger partial charge in [-0.1, -0.05) is 59.0 Å². The van der Waals surface area contributed by atoms with Crippen molar-refractivity contribution >= 4 is 57.1 Å². The molecule has 0 bridgehead atoms. The molecule has 0 fully saturated rings. The summed E-state index contributed by atoms with van der Waals surface area (Å²) in [5, 5.41) is 0. The molecule has 0 rings (SSSR count). The smallest absolute Gasteiger partial charge is 0.305 e. The van der Waals surface area contributed by atoms with E-state index in [1.807, 2.05) is 0 Å². The molecule has 4 nitrogen and oxygen atoms in total. The molecule has 0 aliphatic rings. The summed E-state index contributed by atoms with van der Waals surface area (Å²) in [6, 6.07) is 0. The summed E-state index contributed by atoms with van der Waals surface area (Å²) < 4.78 is 11.0. The largest absolute Gasteiger partial charge is 0.466 e. The van der Waals surface area contributed by atoms with Crippen molar-refractivity contribution < 1.29 is 19.1 Å². The summed E-state index contributed by atoms with van der Waals surface area (Å²) in [6.45, 7) is 4.77. The highest BCUT2D eigenvalue weighted by molar-refractivity contribution is 14.1. The van der Waals surface area contributed by atoms with Crippen LogP contribution in [-0.2, 0) is 19.1 Å². The minimum atomic E-state index is -0.173. The van der Waals surface area contributed by atoms with Gasteiger partial charge < -0.3 is 9.47 Å². The minimum absolute atomic E-state index is 0.173. The first-order valence-electron chi connectivity index (χ1n) is 6.51. The predicted molar refractivity (Wildman–Crippen MR) is 92.0 cm³/mol. The fourth-order valence-corrected chi connectivity index (χ4v) is 1.83. The first-order valence-corrected chi connectivity index (χ1v) is 9.00. The van der Waals surface area contributed by atoms with Gasteiger partial charge in [-0.05, 0) is 12.8 Å². The fraction of sp³-hybridized carbons (Fsp3) is 0.846. The molecule has 0 aliphatic carbocycles. The number of hydrogen-bond donors (Lipinski definition) is 0. The number of hydrogen-bond acceptors (Lipinski definition) is 4. The minimum Gasteiger partial charge on any atom is -0.466 e. The van der Waals surface area contributed by atoms with Gasteiger partial charge in [0.25, 0.3) is 0 Å². The van der Waals surface area contributed by atoms with Crippen LogP contribution in [0.5, 0.6) is 0 Å². The van der Waals surface area contributed by atoms with Crippen LogP contribution in [0.25, 0.3) is 0 Å². The quantitative estimate of drug-likeness (QED) is 0.201. The van der Waals surface area contributed by atoms with Crippen molar-refractivity contribution in [2.24, 2.45) is 0 Å². The molecule has 0 aromatic heterocycles. The van der Waals surface area contributed by atoms with Gasteiger partial charge in [0.1, 0.15) is 0 Å². The Morgan fingerprint density at radius 1 is 0.895 bits per heavy atom. The number of alkyl halides is 2. The lowest BCUT2D eigenvalue weighted by atomic mass is 10.2. The summed E-state index contributed by atoms with van der Waals surface area (Å²) in [4.78, 5) is 22.6. The van der Waals surface area contributed by atoms with Gasteiger partial charge in [0.15, 0.2) is 0 Å². The average Bonchev–Trinajstić information content (AvgIpc) is 2.33. The van der Waals surface area contributed by atoms with Gasteiger partial charge in [-0.2, -0.15) is 0 Å². The van der Waals surface area contributed by atoms with E-state index in [-0.39, 0.29) is 11.9 Å². The van der Waals surface area contributed by atoms with Crippen LogP contribution >= 0.6 is 45.2 Å². The molecule has 112 valence electrons. The van der Waals surface area contributed by atoms with Crippen LogP contribution in [0.15, 0.2) is 0 Å². The summed E-state index contributed by atoms with van der Waals surface area (Å²) in [5.74, 6) is -0.345. The Kier molecular flexibility index (Phi) is 12.4. The van der Waals surface area contributed by atoms with E-state index in [2.05, 4.69) is 59.0 Å². The zero-order chi connectivity index (χ0) is 14.7. The van der Waals surface area contributed by atoms with E-state index in [1.165, 1.54) is 0 Å². The Hall–Kier alpha value is 0.400. The van der Waals surface area contributed by atoms with Gasteiger partial charge in [-0.15, -0.1) is 0 Å². The van der Waals surface area contributed by atoms with E-state index in [4.69, 9.17) is 9.47 Å². The summed E-state index contributed by atoms with van der Waals surface area (Å²) in [7, 11) is 0. The van der Waals surface area contributed by atoms with Crippen molar-refractivity contribution in [1.82, 2.24) is 0 Å². The molecule has 0 aromatic rings. The third-order valence-electron chi connectivity index (χ3n) is 2.31. The number of carbonyl (C=O) groups is 2. The van der Waals surface area contributed by atoms with Gasteiger partial charge in [0.05, 0.1) is 13.2 Å². The molecule has 0 radical (unpaired) electrons. The number of ether oxygens (including phenoxy) is 2. The van der Waals surface area contributed by atoms with Gasteiger partial charge in [0.2, 0.25) is 0 Å². The Balaban J connectivity index is 3.39.